The first-order chi connectivity index (χ1) is 8.41. The molecule has 1 heterocycles. The van der Waals surface area contributed by atoms with Gasteiger partial charge in [0.1, 0.15) is 0 Å². The molecular weight excluding hydrogens is 226 g/mol. The number of nitrogens with two attached hydrogens (primary N) is 1. The molecule has 0 bridgehead atoms. The van der Waals surface area contributed by atoms with E-state index in [1.54, 1.807) is 0 Å². The van der Waals surface area contributed by atoms with Crippen LogP contribution in [-0.2, 0) is 4.79 Å². The Labute approximate surface area is 110 Å². The lowest BCUT2D eigenvalue weighted by Gasteiger charge is -2.42. The van der Waals surface area contributed by atoms with E-state index in [-0.39, 0.29) is 11.4 Å². The van der Waals surface area contributed by atoms with Gasteiger partial charge in [0.2, 0.25) is 5.91 Å². The maximum atomic E-state index is 12.3. The first kappa shape index (κ1) is 13.8. The van der Waals surface area contributed by atoms with Crippen LogP contribution in [0.3, 0.4) is 0 Å². The predicted molar refractivity (Wildman–Crippen MR) is 73.3 cm³/mol. The van der Waals surface area contributed by atoms with E-state index in [9.17, 15) is 4.79 Å². The molecule has 18 heavy (non-hydrogen) atoms. The number of rotatable bonds is 3. The minimum Gasteiger partial charge on any atom is -0.343 e. The fraction of sp³-hybridized carbons (Fsp3) is 0.929. The van der Waals surface area contributed by atoms with E-state index in [2.05, 4.69) is 18.9 Å². The molecule has 1 aliphatic carbocycles. The first-order valence-corrected chi connectivity index (χ1v) is 7.16. The molecule has 2 atom stereocenters. The highest BCUT2D eigenvalue weighted by molar-refractivity contribution is 5.77. The number of hydrogen-bond acceptors (Lipinski definition) is 3. The van der Waals surface area contributed by atoms with Crippen molar-refractivity contribution in [3.63, 3.8) is 0 Å². The number of carbonyl (C=O) groups excluding carboxylic acids is 1. The van der Waals surface area contributed by atoms with Gasteiger partial charge in [-0.3, -0.25) is 4.79 Å². The van der Waals surface area contributed by atoms with Crippen molar-refractivity contribution in [2.75, 3.05) is 20.6 Å². The van der Waals surface area contributed by atoms with Crippen LogP contribution in [0.2, 0.25) is 0 Å². The molecule has 0 aromatic heterocycles. The third-order valence-electron chi connectivity index (χ3n) is 4.97. The molecule has 2 aliphatic rings. The number of hydrogen-bond donors (Lipinski definition) is 1. The molecule has 0 unspecified atom stereocenters. The van der Waals surface area contributed by atoms with Crippen molar-refractivity contribution < 1.29 is 4.79 Å². The van der Waals surface area contributed by atoms with Crippen LogP contribution < -0.4 is 5.73 Å². The van der Waals surface area contributed by atoms with Gasteiger partial charge in [-0.1, -0.05) is 0 Å². The maximum Gasteiger partial charge on any atom is 0.224 e. The third-order valence-corrected chi connectivity index (χ3v) is 4.97. The summed E-state index contributed by atoms with van der Waals surface area (Å²) in [5, 5.41) is 0. The lowest BCUT2D eigenvalue weighted by molar-refractivity contribution is -0.135. The molecule has 2 rings (SSSR count). The molecule has 104 valence electrons. The Morgan fingerprint density at radius 3 is 2.67 bits per heavy atom. The van der Waals surface area contributed by atoms with Gasteiger partial charge in [-0.15, -0.1) is 0 Å². The van der Waals surface area contributed by atoms with E-state index in [0.717, 1.165) is 32.2 Å². The van der Waals surface area contributed by atoms with Gasteiger partial charge in [-0.2, -0.15) is 0 Å². The summed E-state index contributed by atoms with van der Waals surface area (Å²) in [5.74, 6) is 0.235. The number of amides is 1. The van der Waals surface area contributed by atoms with Crippen molar-refractivity contribution in [1.82, 2.24) is 9.80 Å². The summed E-state index contributed by atoms with van der Waals surface area (Å²) >= 11 is 0. The highest BCUT2D eigenvalue weighted by Gasteiger charge is 2.37. The summed E-state index contributed by atoms with van der Waals surface area (Å²) in [6.07, 6.45) is 5.90. The first-order valence-electron chi connectivity index (χ1n) is 7.16. The van der Waals surface area contributed by atoms with Gasteiger partial charge in [0.05, 0.1) is 0 Å². The summed E-state index contributed by atoms with van der Waals surface area (Å²) in [6.45, 7) is 3.32. The molecular formula is C14H27N3O. The second kappa shape index (κ2) is 5.17. The van der Waals surface area contributed by atoms with Crippen molar-refractivity contribution in [3.8, 4) is 0 Å². The van der Waals surface area contributed by atoms with E-state index >= 15 is 0 Å². The Morgan fingerprint density at radius 2 is 2.17 bits per heavy atom. The Bertz CT molecular complexity index is 314. The lowest BCUT2D eigenvalue weighted by Crippen LogP contribution is -2.53. The SMILES string of the molecule is C[C@@H]1C[C@@H](N(C)C(=O)CC2(N)CCC2)CCN1C. The van der Waals surface area contributed by atoms with Crippen molar-refractivity contribution in [3.05, 3.63) is 0 Å². The molecule has 4 heteroatoms. The zero-order chi connectivity index (χ0) is 13.3. The van der Waals surface area contributed by atoms with Gasteiger partial charge in [-0.25, -0.2) is 0 Å². The smallest absolute Gasteiger partial charge is 0.224 e. The van der Waals surface area contributed by atoms with Gasteiger partial charge >= 0.3 is 0 Å². The average molecular weight is 253 g/mol. The van der Waals surface area contributed by atoms with E-state index in [1.807, 2.05) is 11.9 Å². The normalized spacial score (nSPS) is 31.8. The monoisotopic (exact) mass is 253 g/mol. The van der Waals surface area contributed by atoms with Crippen molar-refractivity contribution >= 4 is 5.91 Å². The van der Waals surface area contributed by atoms with Gasteiger partial charge in [0.25, 0.3) is 0 Å². The molecule has 2 N–H and O–H groups in total. The van der Waals surface area contributed by atoms with Gasteiger partial charge in [-0.05, 0) is 46.1 Å². The van der Waals surface area contributed by atoms with Crippen LogP contribution in [0.25, 0.3) is 0 Å². The minimum absolute atomic E-state index is 0.192. The third kappa shape index (κ3) is 2.86. The van der Waals surface area contributed by atoms with E-state index in [0.29, 0.717) is 18.5 Å². The summed E-state index contributed by atoms with van der Waals surface area (Å²) in [7, 11) is 4.11. The molecule has 0 spiro atoms. The van der Waals surface area contributed by atoms with E-state index in [1.165, 1.54) is 6.42 Å². The number of nitrogens with zero attached hydrogens (tertiary/aromatic N) is 2. The van der Waals surface area contributed by atoms with Gasteiger partial charge in [0.15, 0.2) is 0 Å². The zero-order valence-corrected chi connectivity index (χ0v) is 12.0. The fourth-order valence-corrected chi connectivity index (χ4v) is 3.05. The highest BCUT2D eigenvalue weighted by Crippen LogP contribution is 2.33. The molecule has 1 amide bonds. The molecule has 4 nitrogen and oxygen atoms in total. The second-order valence-electron chi connectivity index (χ2n) is 6.41. The Balaban J connectivity index is 1.86. The predicted octanol–water partition coefficient (Wildman–Crippen LogP) is 1.20. The average Bonchev–Trinajstić information content (AvgIpc) is 2.29. The summed E-state index contributed by atoms with van der Waals surface area (Å²) in [4.78, 5) is 16.6. The van der Waals surface area contributed by atoms with Crippen LogP contribution in [0.4, 0.5) is 0 Å². The van der Waals surface area contributed by atoms with Crippen LogP contribution >= 0.6 is 0 Å². The summed E-state index contributed by atoms with van der Waals surface area (Å²) < 4.78 is 0. The Morgan fingerprint density at radius 1 is 1.50 bits per heavy atom. The molecule has 2 fully saturated rings. The van der Waals surface area contributed by atoms with E-state index < -0.39 is 0 Å². The number of likely N-dealkylation sites (tertiary alicyclic amines) is 1. The topological polar surface area (TPSA) is 49.6 Å². The van der Waals surface area contributed by atoms with E-state index in [4.69, 9.17) is 5.73 Å². The quantitative estimate of drug-likeness (QED) is 0.822. The van der Waals surface area contributed by atoms with Crippen molar-refractivity contribution in [2.24, 2.45) is 5.73 Å². The van der Waals surface area contributed by atoms with Gasteiger partial charge < -0.3 is 15.5 Å². The second-order valence-corrected chi connectivity index (χ2v) is 6.41. The standard InChI is InChI=1S/C14H27N3O/c1-11-9-12(5-8-16(11)2)17(3)13(18)10-14(15)6-4-7-14/h11-12H,4-10,15H2,1-3H3/t11-,12+/m1/s1. The summed E-state index contributed by atoms with van der Waals surface area (Å²) in [5.41, 5.74) is 5.97. The van der Waals surface area contributed by atoms with Crippen LogP contribution in [0, 0.1) is 0 Å². The Hall–Kier alpha value is -0.610. The molecule has 1 aliphatic heterocycles. The summed E-state index contributed by atoms with van der Waals surface area (Å²) in [6, 6.07) is 0.960. The zero-order valence-electron chi connectivity index (χ0n) is 12.0. The van der Waals surface area contributed by atoms with Gasteiger partial charge in [0, 0.05) is 37.6 Å². The van der Waals surface area contributed by atoms with Crippen LogP contribution in [0.1, 0.15) is 45.4 Å². The lowest BCUT2D eigenvalue weighted by atomic mass is 9.75. The van der Waals surface area contributed by atoms with Crippen LogP contribution in [0.15, 0.2) is 0 Å². The Kier molecular flexibility index (Phi) is 3.97. The number of carbonyl (C=O) groups is 1. The minimum atomic E-state index is -0.192. The van der Waals surface area contributed by atoms with Crippen molar-refractivity contribution in [1.29, 1.82) is 0 Å². The molecule has 0 aromatic rings. The molecule has 0 radical (unpaired) electrons. The van der Waals surface area contributed by atoms with Crippen LogP contribution in [-0.4, -0.2) is 54.0 Å². The largest absolute Gasteiger partial charge is 0.343 e. The van der Waals surface area contributed by atoms with Crippen LogP contribution in [0.5, 0.6) is 0 Å². The molecule has 1 saturated carbocycles. The number of piperidine rings is 1. The fourth-order valence-electron chi connectivity index (χ4n) is 3.05. The highest BCUT2D eigenvalue weighted by atomic mass is 16.2. The maximum absolute atomic E-state index is 12.3. The van der Waals surface area contributed by atoms with Crippen molar-refractivity contribution in [2.45, 2.75) is 63.1 Å². The molecule has 1 saturated heterocycles. The molecule has 0 aromatic carbocycles.